The molecule has 2 N–H and O–H groups in total. The highest BCUT2D eigenvalue weighted by Gasteiger charge is 2.09. The van der Waals surface area contributed by atoms with Crippen molar-refractivity contribution in [2.75, 3.05) is 5.32 Å². The highest BCUT2D eigenvalue weighted by Crippen LogP contribution is 2.08. The molecular weight excluding hydrogens is 268 g/mol. The molecule has 0 atom stereocenters. The number of carbonyl (C=O) groups is 2. The van der Waals surface area contributed by atoms with Gasteiger partial charge in [0.15, 0.2) is 0 Å². The summed E-state index contributed by atoms with van der Waals surface area (Å²) in [5.41, 5.74) is 0. The van der Waals surface area contributed by atoms with E-state index in [9.17, 15) is 9.59 Å². The minimum Gasteiger partial charge on any atom is -0.292 e. The molecule has 0 bridgehead atoms. The van der Waals surface area contributed by atoms with Gasteiger partial charge in [0.25, 0.3) is 0 Å². The number of imide groups is 1. The highest BCUT2D eigenvalue weighted by atomic mass is 16.2. The first-order valence-electron chi connectivity index (χ1n) is 7.72. The second-order valence-electron chi connectivity index (χ2n) is 5.21. The Morgan fingerprint density at radius 3 is 2.43 bits per heavy atom. The molecule has 21 heavy (non-hydrogen) atoms. The fraction of sp³-hybridized carbons (Fsp3) is 0.667. The van der Waals surface area contributed by atoms with Gasteiger partial charge in [0.1, 0.15) is 5.82 Å². The van der Waals surface area contributed by atoms with Crippen LogP contribution in [0.1, 0.15) is 58.3 Å². The number of nitrogens with one attached hydrogen (secondary N) is 2. The smallest absolute Gasteiger partial charge is 0.292 e. The number of carbonyl (C=O) groups excluding carboxylic acids is 2. The van der Waals surface area contributed by atoms with Crippen LogP contribution in [0.25, 0.3) is 0 Å². The van der Waals surface area contributed by atoms with Gasteiger partial charge < -0.3 is 0 Å². The molecule has 0 unspecified atom stereocenters. The molecular formula is C15H26N4O2. The summed E-state index contributed by atoms with van der Waals surface area (Å²) >= 11 is 0. The summed E-state index contributed by atoms with van der Waals surface area (Å²) < 4.78 is 1.53. The average Bonchev–Trinajstić information content (AvgIpc) is 2.83. The Balaban J connectivity index is 2.08. The van der Waals surface area contributed by atoms with Crippen LogP contribution >= 0.6 is 0 Å². The fourth-order valence-corrected chi connectivity index (χ4v) is 2.08. The van der Waals surface area contributed by atoms with Gasteiger partial charge in [-0.25, -0.2) is 4.79 Å². The Morgan fingerprint density at radius 2 is 1.81 bits per heavy atom. The lowest BCUT2D eigenvalue weighted by Gasteiger charge is -2.06. The van der Waals surface area contributed by atoms with Crippen molar-refractivity contribution in [3.8, 4) is 0 Å². The molecule has 0 aliphatic rings. The van der Waals surface area contributed by atoms with Crippen molar-refractivity contribution in [1.29, 1.82) is 0 Å². The number of aryl methyl sites for hydroxylation is 1. The predicted octanol–water partition coefficient (Wildman–Crippen LogP) is 3.21. The number of hydrogen-bond donors (Lipinski definition) is 2. The van der Waals surface area contributed by atoms with E-state index < -0.39 is 6.03 Å². The molecule has 0 saturated heterocycles. The third-order valence-electron chi connectivity index (χ3n) is 3.32. The first-order chi connectivity index (χ1) is 10.1. The molecule has 0 aliphatic heterocycles. The summed E-state index contributed by atoms with van der Waals surface area (Å²) in [7, 11) is 1.72. The first kappa shape index (κ1) is 17.2. The van der Waals surface area contributed by atoms with Gasteiger partial charge in [-0.3, -0.25) is 20.1 Å². The second kappa shape index (κ2) is 9.96. The van der Waals surface area contributed by atoms with E-state index in [0.29, 0.717) is 12.2 Å². The third kappa shape index (κ3) is 7.48. The van der Waals surface area contributed by atoms with Crippen LogP contribution in [0.3, 0.4) is 0 Å². The van der Waals surface area contributed by atoms with Crippen molar-refractivity contribution in [3.63, 3.8) is 0 Å². The zero-order valence-electron chi connectivity index (χ0n) is 13.0. The van der Waals surface area contributed by atoms with Crippen molar-refractivity contribution < 1.29 is 9.59 Å². The molecule has 1 heterocycles. The second-order valence-corrected chi connectivity index (χ2v) is 5.21. The van der Waals surface area contributed by atoms with Gasteiger partial charge in [0.05, 0.1) is 6.20 Å². The molecule has 0 radical (unpaired) electrons. The summed E-state index contributed by atoms with van der Waals surface area (Å²) in [5, 5.41) is 8.83. The molecule has 0 spiro atoms. The monoisotopic (exact) mass is 294 g/mol. The quantitative estimate of drug-likeness (QED) is 0.687. The molecule has 0 aromatic carbocycles. The Labute approximate surface area is 126 Å². The maximum Gasteiger partial charge on any atom is 0.327 e. The van der Waals surface area contributed by atoms with Gasteiger partial charge in [-0.2, -0.15) is 5.10 Å². The maximum atomic E-state index is 11.6. The van der Waals surface area contributed by atoms with Crippen molar-refractivity contribution >= 4 is 17.8 Å². The van der Waals surface area contributed by atoms with Crippen molar-refractivity contribution in [2.24, 2.45) is 7.05 Å². The molecule has 3 amide bonds. The predicted molar refractivity (Wildman–Crippen MR) is 83.0 cm³/mol. The van der Waals surface area contributed by atoms with Crippen molar-refractivity contribution in [1.82, 2.24) is 15.1 Å². The van der Waals surface area contributed by atoms with Gasteiger partial charge in [-0.05, 0) is 6.42 Å². The Kier molecular flexibility index (Phi) is 8.16. The molecule has 0 saturated carbocycles. The lowest BCUT2D eigenvalue weighted by Crippen LogP contribution is -2.34. The van der Waals surface area contributed by atoms with Crippen LogP contribution in [0.15, 0.2) is 12.3 Å². The van der Waals surface area contributed by atoms with E-state index in [1.165, 1.54) is 30.4 Å². The SMILES string of the molecule is CCCCCCCCCC(=O)NC(=O)Nc1ccnn1C. The molecule has 6 heteroatoms. The van der Waals surface area contributed by atoms with Crippen molar-refractivity contribution in [3.05, 3.63) is 12.3 Å². The third-order valence-corrected chi connectivity index (χ3v) is 3.32. The summed E-state index contributed by atoms with van der Waals surface area (Å²) in [4.78, 5) is 23.2. The molecule has 1 aromatic heterocycles. The first-order valence-corrected chi connectivity index (χ1v) is 7.72. The number of nitrogens with zero attached hydrogens (tertiary/aromatic N) is 2. The van der Waals surface area contributed by atoms with E-state index in [1.807, 2.05) is 0 Å². The summed E-state index contributed by atoms with van der Waals surface area (Å²) in [6.45, 7) is 2.20. The molecule has 6 nitrogen and oxygen atoms in total. The van der Waals surface area contributed by atoms with Gasteiger partial charge in [0, 0.05) is 19.5 Å². The molecule has 0 fully saturated rings. The minimum atomic E-state index is -0.508. The van der Waals surface area contributed by atoms with E-state index in [-0.39, 0.29) is 5.91 Å². The Morgan fingerprint density at radius 1 is 1.14 bits per heavy atom. The average molecular weight is 294 g/mol. The van der Waals surface area contributed by atoms with Crippen LogP contribution in [-0.2, 0) is 11.8 Å². The number of aromatic nitrogens is 2. The van der Waals surface area contributed by atoms with Crippen LogP contribution < -0.4 is 10.6 Å². The number of hydrogen-bond acceptors (Lipinski definition) is 3. The lowest BCUT2D eigenvalue weighted by molar-refractivity contribution is -0.120. The number of anilines is 1. The van der Waals surface area contributed by atoms with Gasteiger partial charge in [0.2, 0.25) is 5.91 Å². The summed E-state index contributed by atoms with van der Waals surface area (Å²) in [6.07, 6.45) is 10.0. The van der Waals surface area contributed by atoms with E-state index >= 15 is 0 Å². The molecule has 1 aromatic rings. The minimum absolute atomic E-state index is 0.233. The van der Waals surface area contributed by atoms with E-state index in [1.54, 1.807) is 19.3 Å². The van der Waals surface area contributed by atoms with E-state index in [4.69, 9.17) is 0 Å². The van der Waals surface area contributed by atoms with Gasteiger partial charge >= 0.3 is 6.03 Å². The van der Waals surface area contributed by atoms with Crippen molar-refractivity contribution in [2.45, 2.75) is 58.3 Å². The van der Waals surface area contributed by atoms with Crippen LogP contribution in [-0.4, -0.2) is 21.7 Å². The van der Waals surface area contributed by atoms with Gasteiger partial charge in [-0.1, -0.05) is 45.4 Å². The Bertz CT molecular complexity index is 443. The standard InChI is InChI=1S/C15H26N4O2/c1-3-4-5-6-7-8-9-10-14(20)18-15(21)17-13-11-12-16-19(13)2/h11-12H,3-10H2,1-2H3,(H2,17,18,20,21). The van der Waals surface area contributed by atoms with E-state index in [2.05, 4.69) is 22.7 Å². The molecule has 0 aliphatic carbocycles. The van der Waals surface area contributed by atoms with Crippen LogP contribution in [0.5, 0.6) is 0 Å². The zero-order valence-corrected chi connectivity index (χ0v) is 13.0. The van der Waals surface area contributed by atoms with Crippen LogP contribution in [0, 0.1) is 0 Å². The zero-order chi connectivity index (χ0) is 15.5. The van der Waals surface area contributed by atoms with Crippen LogP contribution in [0.2, 0.25) is 0 Å². The lowest BCUT2D eigenvalue weighted by atomic mass is 10.1. The highest BCUT2D eigenvalue weighted by molar-refractivity contribution is 6.00. The largest absolute Gasteiger partial charge is 0.327 e. The van der Waals surface area contributed by atoms with Crippen LogP contribution in [0.4, 0.5) is 10.6 Å². The number of rotatable bonds is 9. The van der Waals surface area contributed by atoms with Gasteiger partial charge in [-0.15, -0.1) is 0 Å². The fourth-order valence-electron chi connectivity index (χ4n) is 2.08. The van der Waals surface area contributed by atoms with E-state index in [0.717, 1.165) is 19.3 Å². The number of urea groups is 1. The topological polar surface area (TPSA) is 76.0 Å². The number of amides is 3. The summed E-state index contributed by atoms with van der Waals surface area (Å²) in [6, 6.07) is 1.16. The summed E-state index contributed by atoms with van der Waals surface area (Å²) in [5.74, 6) is 0.319. The molecule has 1 rings (SSSR count). The normalized spacial score (nSPS) is 10.4. The molecule has 118 valence electrons. The Hall–Kier alpha value is -1.85. The maximum absolute atomic E-state index is 11.6. The number of unbranched alkanes of at least 4 members (excludes halogenated alkanes) is 6.